The molecule has 0 fully saturated rings. The standard InChI is InChI=1S/C19H13BrN4O/c1-12-21-11-16(17(22-12)14-8-5-9-15(20)10-14)19-24-23-18(25-19)13-6-3-2-4-7-13/h2-11H,1H3. The molecule has 5 nitrogen and oxygen atoms in total. The zero-order valence-corrected chi connectivity index (χ0v) is 14.9. The first-order chi connectivity index (χ1) is 12.2. The second-order valence-corrected chi connectivity index (χ2v) is 6.38. The van der Waals surface area contributed by atoms with Gasteiger partial charge >= 0.3 is 0 Å². The van der Waals surface area contributed by atoms with Crippen molar-refractivity contribution >= 4 is 15.9 Å². The minimum atomic E-state index is 0.397. The molecular formula is C19H13BrN4O. The van der Waals surface area contributed by atoms with E-state index in [4.69, 9.17) is 4.42 Å². The highest BCUT2D eigenvalue weighted by atomic mass is 79.9. The van der Waals surface area contributed by atoms with E-state index in [-0.39, 0.29) is 0 Å². The SMILES string of the molecule is Cc1ncc(-c2nnc(-c3ccccc3)o2)c(-c2cccc(Br)c2)n1. The van der Waals surface area contributed by atoms with Crippen molar-refractivity contribution < 1.29 is 4.42 Å². The van der Waals surface area contributed by atoms with Gasteiger partial charge in [0.2, 0.25) is 5.89 Å². The van der Waals surface area contributed by atoms with E-state index in [9.17, 15) is 0 Å². The van der Waals surface area contributed by atoms with E-state index >= 15 is 0 Å². The first kappa shape index (κ1) is 15.7. The molecule has 2 aromatic heterocycles. The summed E-state index contributed by atoms with van der Waals surface area (Å²) in [5, 5.41) is 8.35. The Morgan fingerprint density at radius 1 is 0.880 bits per heavy atom. The third kappa shape index (κ3) is 3.21. The zero-order valence-electron chi connectivity index (χ0n) is 13.3. The summed E-state index contributed by atoms with van der Waals surface area (Å²) in [5.41, 5.74) is 3.29. The van der Waals surface area contributed by atoms with E-state index in [1.807, 2.05) is 61.5 Å². The molecule has 0 aliphatic carbocycles. The molecule has 0 amide bonds. The Morgan fingerprint density at radius 2 is 1.64 bits per heavy atom. The third-order valence-electron chi connectivity index (χ3n) is 3.68. The van der Waals surface area contributed by atoms with Gasteiger partial charge in [-0.1, -0.05) is 46.3 Å². The van der Waals surface area contributed by atoms with Gasteiger partial charge in [0.15, 0.2) is 0 Å². The molecule has 122 valence electrons. The van der Waals surface area contributed by atoms with Crippen LogP contribution in [-0.4, -0.2) is 20.2 Å². The van der Waals surface area contributed by atoms with Gasteiger partial charge in [-0.15, -0.1) is 10.2 Å². The van der Waals surface area contributed by atoms with Crippen molar-refractivity contribution in [3.63, 3.8) is 0 Å². The third-order valence-corrected chi connectivity index (χ3v) is 4.18. The van der Waals surface area contributed by atoms with Crippen LogP contribution in [0.3, 0.4) is 0 Å². The lowest BCUT2D eigenvalue weighted by Crippen LogP contribution is -1.95. The normalized spacial score (nSPS) is 10.8. The van der Waals surface area contributed by atoms with Crippen molar-refractivity contribution in [2.75, 3.05) is 0 Å². The van der Waals surface area contributed by atoms with Crippen LogP contribution in [0, 0.1) is 6.92 Å². The van der Waals surface area contributed by atoms with Crippen molar-refractivity contribution in [3.8, 4) is 34.2 Å². The van der Waals surface area contributed by atoms with Crippen LogP contribution in [0.2, 0.25) is 0 Å². The maximum atomic E-state index is 5.87. The number of hydrogen-bond donors (Lipinski definition) is 0. The van der Waals surface area contributed by atoms with E-state index in [0.29, 0.717) is 23.2 Å². The molecule has 2 aromatic carbocycles. The fraction of sp³-hybridized carbons (Fsp3) is 0.0526. The average molecular weight is 393 g/mol. The summed E-state index contributed by atoms with van der Waals surface area (Å²) < 4.78 is 6.85. The highest BCUT2D eigenvalue weighted by Gasteiger charge is 2.17. The summed E-state index contributed by atoms with van der Waals surface area (Å²) in [5.74, 6) is 1.55. The van der Waals surface area contributed by atoms with Gasteiger partial charge in [-0.05, 0) is 31.2 Å². The molecule has 0 saturated heterocycles. The van der Waals surface area contributed by atoms with Crippen LogP contribution < -0.4 is 0 Å². The fourth-order valence-corrected chi connectivity index (χ4v) is 2.91. The van der Waals surface area contributed by atoms with Crippen molar-refractivity contribution in [3.05, 3.63) is 71.1 Å². The molecule has 2 heterocycles. The molecule has 0 radical (unpaired) electrons. The molecular weight excluding hydrogens is 380 g/mol. The lowest BCUT2D eigenvalue weighted by atomic mass is 10.1. The van der Waals surface area contributed by atoms with Gasteiger partial charge in [-0.2, -0.15) is 0 Å². The second kappa shape index (κ2) is 6.57. The van der Waals surface area contributed by atoms with E-state index in [2.05, 4.69) is 36.1 Å². The minimum Gasteiger partial charge on any atom is -0.416 e. The first-order valence-electron chi connectivity index (χ1n) is 7.69. The quantitative estimate of drug-likeness (QED) is 0.494. The lowest BCUT2D eigenvalue weighted by Gasteiger charge is -2.07. The number of benzene rings is 2. The molecule has 0 spiro atoms. The van der Waals surface area contributed by atoms with Crippen LogP contribution in [0.25, 0.3) is 34.2 Å². The van der Waals surface area contributed by atoms with Crippen molar-refractivity contribution in [2.45, 2.75) is 6.92 Å². The van der Waals surface area contributed by atoms with E-state index in [1.165, 1.54) is 0 Å². The highest BCUT2D eigenvalue weighted by molar-refractivity contribution is 9.10. The Morgan fingerprint density at radius 3 is 2.44 bits per heavy atom. The molecule has 0 saturated carbocycles. The van der Waals surface area contributed by atoms with Crippen LogP contribution >= 0.6 is 15.9 Å². The van der Waals surface area contributed by atoms with Crippen molar-refractivity contribution in [1.82, 2.24) is 20.2 Å². The Balaban J connectivity index is 1.83. The van der Waals surface area contributed by atoms with Crippen LogP contribution in [-0.2, 0) is 0 Å². The molecule has 4 rings (SSSR count). The monoisotopic (exact) mass is 392 g/mol. The number of aromatic nitrogens is 4. The summed E-state index contributed by atoms with van der Waals surface area (Å²) in [4.78, 5) is 8.88. The average Bonchev–Trinajstić information content (AvgIpc) is 3.12. The van der Waals surface area contributed by atoms with E-state index in [0.717, 1.165) is 21.3 Å². The van der Waals surface area contributed by atoms with Crippen LogP contribution in [0.15, 0.2) is 69.7 Å². The highest BCUT2D eigenvalue weighted by Crippen LogP contribution is 2.32. The Kier molecular flexibility index (Phi) is 4.11. The molecule has 0 atom stereocenters. The van der Waals surface area contributed by atoms with Gasteiger partial charge in [-0.25, -0.2) is 9.97 Å². The molecule has 0 unspecified atom stereocenters. The minimum absolute atomic E-state index is 0.397. The largest absolute Gasteiger partial charge is 0.416 e. The number of halogens is 1. The van der Waals surface area contributed by atoms with Gasteiger partial charge in [0, 0.05) is 21.8 Å². The van der Waals surface area contributed by atoms with Crippen molar-refractivity contribution in [1.29, 1.82) is 0 Å². The van der Waals surface area contributed by atoms with Crippen LogP contribution in [0.1, 0.15) is 5.82 Å². The van der Waals surface area contributed by atoms with Gasteiger partial charge in [0.25, 0.3) is 5.89 Å². The maximum absolute atomic E-state index is 5.87. The molecule has 25 heavy (non-hydrogen) atoms. The van der Waals surface area contributed by atoms with Crippen molar-refractivity contribution in [2.24, 2.45) is 0 Å². The van der Waals surface area contributed by atoms with Crippen LogP contribution in [0.4, 0.5) is 0 Å². The summed E-state index contributed by atoms with van der Waals surface area (Å²) >= 11 is 3.50. The molecule has 4 aromatic rings. The predicted octanol–water partition coefficient (Wildman–Crippen LogP) is 4.93. The smallest absolute Gasteiger partial charge is 0.251 e. The number of rotatable bonds is 3. The molecule has 0 aliphatic heterocycles. The van der Waals surface area contributed by atoms with Gasteiger partial charge < -0.3 is 4.42 Å². The molecule has 0 aliphatic rings. The first-order valence-corrected chi connectivity index (χ1v) is 8.49. The van der Waals surface area contributed by atoms with E-state index in [1.54, 1.807) is 6.20 Å². The summed E-state index contributed by atoms with van der Waals surface area (Å²) in [6.45, 7) is 1.86. The lowest BCUT2D eigenvalue weighted by molar-refractivity contribution is 0.584. The molecule has 0 bridgehead atoms. The summed E-state index contributed by atoms with van der Waals surface area (Å²) in [7, 11) is 0. The predicted molar refractivity (Wildman–Crippen MR) is 98.6 cm³/mol. The van der Waals surface area contributed by atoms with Gasteiger partial charge in [-0.3, -0.25) is 0 Å². The zero-order chi connectivity index (χ0) is 17.2. The Hall–Kier alpha value is -2.86. The Bertz CT molecular complexity index is 1030. The molecule has 6 heteroatoms. The number of nitrogens with zero attached hydrogens (tertiary/aromatic N) is 4. The van der Waals surface area contributed by atoms with Gasteiger partial charge in [0.05, 0.1) is 11.3 Å². The van der Waals surface area contributed by atoms with E-state index < -0.39 is 0 Å². The number of aryl methyl sites for hydroxylation is 1. The second-order valence-electron chi connectivity index (χ2n) is 5.47. The number of hydrogen-bond acceptors (Lipinski definition) is 5. The molecule has 0 N–H and O–H groups in total. The summed E-state index contributed by atoms with van der Waals surface area (Å²) in [6.07, 6.45) is 1.72. The maximum Gasteiger partial charge on any atom is 0.251 e. The topological polar surface area (TPSA) is 64.7 Å². The Labute approximate surface area is 152 Å². The summed E-state index contributed by atoms with van der Waals surface area (Å²) in [6, 6.07) is 17.6. The van der Waals surface area contributed by atoms with Crippen LogP contribution in [0.5, 0.6) is 0 Å². The fourth-order valence-electron chi connectivity index (χ4n) is 2.51. The van der Waals surface area contributed by atoms with Gasteiger partial charge in [0.1, 0.15) is 5.82 Å².